The van der Waals surface area contributed by atoms with E-state index >= 15 is 0 Å². The number of nitrogens with zero attached hydrogens (tertiary/aromatic N) is 7. The van der Waals surface area contributed by atoms with Crippen LogP contribution in [0.4, 0.5) is 17.1 Å². The molecule has 3 aromatic carbocycles. The number of hydrogen-bond acceptors (Lipinski definition) is 6. The summed E-state index contributed by atoms with van der Waals surface area (Å²) in [7, 11) is 0. The smallest absolute Gasteiger partial charge is 0.657 e. The number of nitro benzene ring substituents is 1. The van der Waals surface area contributed by atoms with E-state index in [2.05, 4.69) is 137 Å². The van der Waals surface area contributed by atoms with Gasteiger partial charge < -0.3 is 9.97 Å². The van der Waals surface area contributed by atoms with Gasteiger partial charge in [0.15, 0.2) is 0 Å². The molecule has 0 spiro atoms. The second-order valence-corrected chi connectivity index (χ2v) is 20.8. The topological polar surface area (TPSA) is 122 Å². The van der Waals surface area contributed by atoms with Crippen LogP contribution >= 0.6 is 0 Å². The van der Waals surface area contributed by atoms with Crippen molar-refractivity contribution >= 4 is 63.4 Å². The van der Waals surface area contributed by atoms with E-state index in [9.17, 15) is 10.1 Å². The first-order chi connectivity index (χ1) is 29.5. The van der Waals surface area contributed by atoms with Gasteiger partial charge in [0.1, 0.15) is 0 Å². The van der Waals surface area contributed by atoms with Gasteiger partial charge in [-0.3, -0.25) is 10.1 Å². The van der Waals surface area contributed by atoms with Crippen LogP contribution in [0.15, 0.2) is 101 Å². The maximum absolute atomic E-state index is 11.4. The number of azo groups is 1. The number of nitro groups is 1. The van der Waals surface area contributed by atoms with Crippen LogP contribution in [0.3, 0.4) is 0 Å². The van der Waals surface area contributed by atoms with Crippen LogP contribution in [0, 0.1) is 10.1 Å². The molecule has 0 amide bonds. The fourth-order valence-corrected chi connectivity index (χ4v) is 7.73. The first kappa shape index (κ1) is 45.9. The number of fused-ring (bicyclic) bond motifs is 8. The van der Waals surface area contributed by atoms with Crippen LogP contribution in [0.2, 0.25) is 0 Å². The van der Waals surface area contributed by atoms with E-state index in [0.717, 1.165) is 55.9 Å². The normalized spacial score (nSPS) is 13.1. The summed E-state index contributed by atoms with van der Waals surface area (Å²) < 4.78 is 0. The molecule has 8 rings (SSSR count). The summed E-state index contributed by atoms with van der Waals surface area (Å²) in [4.78, 5) is 32.1. The molecule has 0 fully saturated rings. The molecule has 0 aliphatic carbocycles. The summed E-state index contributed by atoms with van der Waals surface area (Å²) in [5.74, 6) is 0. The van der Waals surface area contributed by atoms with Crippen molar-refractivity contribution in [2.45, 2.75) is 105 Å². The van der Waals surface area contributed by atoms with Gasteiger partial charge in [0.25, 0.3) is 5.69 Å². The zero-order valence-corrected chi connectivity index (χ0v) is 42.1. The van der Waals surface area contributed by atoms with Crippen LogP contribution in [0.5, 0.6) is 0 Å². The zero-order chi connectivity index (χ0) is 45.2. The molecule has 10 heteroatoms. The molecule has 2 aliphatic heterocycles. The minimum atomic E-state index is -0.430. The van der Waals surface area contributed by atoms with Gasteiger partial charge in [0, 0.05) is 12.1 Å². The first-order valence-electron chi connectivity index (χ1n) is 21.5. The molecule has 0 saturated carbocycles. The van der Waals surface area contributed by atoms with E-state index in [-0.39, 0.29) is 46.8 Å². The number of rotatable bonds is 5. The Hall–Kier alpha value is -6.12. The average molecular weight is 899 g/mol. The molecule has 0 unspecified atom stereocenters. The minimum Gasteiger partial charge on any atom is -0.657 e. The third-order valence-corrected chi connectivity index (χ3v) is 11.6. The molecule has 2 aliphatic rings. The van der Waals surface area contributed by atoms with Gasteiger partial charge in [-0.05, 0) is 103 Å². The summed E-state index contributed by atoms with van der Waals surface area (Å²) in [6.45, 7) is 26.9. The summed E-state index contributed by atoms with van der Waals surface area (Å²) in [6.07, 6.45) is 8.07. The molecule has 8 bridgehead atoms. The Balaban J connectivity index is 0.00000612. The van der Waals surface area contributed by atoms with Crippen LogP contribution in [-0.4, -0.2) is 14.9 Å². The summed E-state index contributed by atoms with van der Waals surface area (Å²) in [6, 6.07) is 29.8. The molecule has 0 N–H and O–H groups in total. The van der Waals surface area contributed by atoms with E-state index in [0.29, 0.717) is 22.6 Å². The summed E-state index contributed by atoms with van der Waals surface area (Å²) in [5, 5.41) is 20.9. The quantitative estimate of drug-likeness (QED) is 0.0734. The Morgan fingerprint density at radius 3 is 1.47 bits per heavy atom. The van der Waals surface area contributed by atoms with Crippen LogP contribution < -0.4 is 9.97 Å². The SMILES string of the molecule is CC(C)(C)c1cc(-c2c3nc(c(N=Nc4ccc([N+](=O)[O-])cc4)c4ccc([n-]4)c(-c4cc(C(C)(C)C)cc(C(C)(C)C)c4)c4nc(cc5ccc2[n-]5)C=C4)C=C3)cc(C(C)(C)C)c1.[Zn+2]. The van der Waals surface area contributed by atoms with Gasteiger partial charge in [0.2, 0.25) is 0 Å². The maximum Gasteiger partial charge on any atom is 2.00 e. The molecule has 9 nitrogen and oxygen atoms in total. The van der Waals surface area contributed by atoms with Gasteiger partial charge >= 0.3 is 19.5 Å². The number of hydrogen-bond donors (Lipinski definition) is 0. The third kappa shape index (κ3) is 9.53. The Bertz CT molecular complexity index is 2930. The van der Waals surface area contributed by atoms with Gasteiger partial charge in [-0.25, -0.2) is 9.97 Å². The molecule has 5 heterocycles. The van der Waals surface area contributed by atoms with Crippen molar-refractivity contribution in [1.29, 1.82) is 0 Å². The van der Waals surface area contributed by atoms with E-state index in [4.69, 9.17) is 25.1 Å². The molecule has 3 aromatic heterocycles. The molecule has 320 valence electrons. The molecule has 0 atom stereocenters. The Morgan fingerprint density at radius 2 is 0.953 bits per heavy atom. The van der Waals surface area contributed by atoms with Crippen molar-refractivity contribution < 1.29 is 24.4 Å². The van der Waals surface area contributed by atoms with Crippen LogP contribution in [-0.2, 0) is 41.1 Å². The largest absolute Gasteiger partial charge is 2.00 e. The van der Waals surface area contributed by atoms with E-state index in [1.807, 2.05) is 42.5 Å². The first-order valence-corrected chi connectivity index (χ1v) is 21.5. The summed E-state index contributed by atoms with van der Waals surface area (Å²) in [5.41, 5.74) is 14.9. The third-order valence-electron chi connectivity index (χ3n) is 11.6. The van der Waals surface area contributed by atoms with Crippen molar-refractivity contribution in [3.63, 3.8) is 0 Å². The van der Waals surface area contributed by atoms with E-state index in [1.165, 1.54) is 34.4 Å². The predicted octanol–water partition coefficient (Wildman–Crippen LogP) is 14.8. The van der Waals surface area contributed by atoms with Gasteiger partial charge in [-0.1, -0.05) is 150 Å². The fourth-order valence-electron chi connectivity index (χ4n) is 7.73. The number of non-ortho nitro benzene ring substituents is 1. The van der Waals surface area contributed by atoms with Gasteiger partial charge in [0.05, 0.1) is 39.1 Å². The molecule has 64 heavy (non-hydrogen) atoms. The Labute approximate surface area is 389 Å². The second kappa shape index (κ2) is 16.8. The zero-order valence-electron chi connectivity index (χ0n) is 39.1. The van der Waals surface area contributed by atoms with Crippen molar-refractivity contribution in [2.24, 2.45) is 10.2 Å². The molecule has 0 radical (unpaired) electrons. The van der Waals surface area contributed by atoms with Crippen LogP contribution in [0.25, 0.3) is 68.6 Å². The Kier molecular flexibility index (Phi) is 12.0. The predicted molar refractivity (Wildman–Crippen MR) is 260 cm³/mol. The van der Waals surface area contributed by atoms with E-state index in [1.54, 1.807) is 12.1 Å². The number of aromatic nitrogens is 4. The van der Waals surface area contributed by atoms with Crippen molar-refractivity contribution in [3.8, 4) is 22.3 Å². The molecular weight excluding hydrogens is 844 g/mol. The van der Waals surface area contributed by atoms with Crippen LogP contribution in [0.1, 0.15) is 128 Å². The second-order valence-electron chi connectivity index (χ2n) is 20.8. The minimum absolute atomic E-state index is 0. The standard InChI is InChI=1S/C54H55N7O2.Zn/c1-51(2,3)34-25-32(26-35(29-34)52(4,5)6)48-42-19-15-39(55-42)31-40-16-20-43(56-40)49(33-27-36(53(7,8)9)30-37(28-33)54(10,11)12)45-22-24-47(58-45)50(46-23-21-44(48)57-46)60-59-38-13-17-41(18-14-38)61(62)63;/h13-31H,1-12H3;/q-2;+2. The van der Waals surface area contributed by atoms with Gasteiger partial charge in [-0.2, -0.15) is 5.11 Å². The van der Waals surface area contributed by atoms with Crippen molar-refractivity contribution in [1.82, 2.24) is 19.9 Å². The fraction of sp³-hybridized carbons (Fsp3) is 0.296. The van der Waals surface area contributed by atoms with Gasteiger partial charge in [-0.15, -0.1) is 27.2 Å². The molecule has 0 saturated heterocycles. The average Bonchev–Trinajstić information content (AvgIpc) is 4.04. The van der Waals surface area contributed by atoms with Crippen molar-refractivity contribution in [2.75, 3.05) is 0 Å². The maximum atomic E-state index is 11.4. The Morgan fingerprint density at radius 1 is 0.500 bits per heavy atom. The molecule has 6 aromatic rings. The number of benzene rings is 3. The summed E-state index contributed by atoms with van der Waals surface area (Å²) >= 11 is 0. The van der Waals surface area contributed by atoms with Crippen molar-refractivity contribution in [3.05, 3.63) is 146 Å². The molecular formula is C54H55N7O2Zn. The monoisotopic (exact) mass is 897 g/mol. The van der Waals surface area contributed by atoms with E-state index < -0.39 is 4.92 Å².